The summed E-state index contributed by atoms with van der Waals surface area (Å²) in [5.41, 5.74) is 0.609. The van der Waals surface area contributed by atoms with Crippen LogP contribution >= 0.6 is 0 Å². The van der Waals surface area contributed by atoms with Gasteiger partial charge in [0.15, 0.2) is 0 Å². The summed E-state index contributed by atoms with van der Waals surface area (Å²) in [4.78, 5) is 20.7. The summed E-state index contributed by atoms with van der Waals surface area (Å²) in [6.07, 6.45) is 4.22. The molecule has 20 heavy (non-hydrogen) atoms. The molecule has 0 unspecified atom stereocenters. The van der Waals surface area contributed by atoms with Crippen molar-refractivity contribution >= 4 is 5.91 Å². The predicted octanol–water partition coefficient (Wildman–Crippen LogP) is 0.176. The number of carbonyl (C=O) groups is 1. The molecule has 6 nitrogen and oxygen atoms in total. The number of aryl methyl sites for hydroxylation is 1. The molecule has 1 aromatic rings. The van der Waals surface area contributed by atoms with Crippen molar-refractivity contribution in [2.45, 2.75) is 19.4 Å². The lowest BCUT2D eigenvalue weighted by Gasteiger charge is -2.36. The van der Waals surface area contributed by atoms with Crippen LogP contribution in [-0.4, -0.2) is 71.1 Å². The Bertz CT molecular complexity index is 437. The number of rotatable bonds is 5. The molecule has 1 aliphatic rings. The molecule has 112 valence electrons. The third-order valence-corrected chi connectivity index (χ3v) is 4.06. The lowest BCUT2D eigenvalue weighted by molar-refractivity contribution is 0.0927. The zero-order valence-electron chi connectivity index (χ0n) is 12.7. The third kappa shape index (κ3) is 3.80. The minimum Gasteiger partial charge on any atom is -0.351 e. The number of likely N-dealkylation sites (N-methyl/N-ethyl adjacent to an activating group) is 1. The van der Waals surface area contributed by atoms with Crippen LogP contribution in [0, 0.1) is 0 Å². The largest absolute Gasteiger partial charge is 0.351 e. The Balaban J connectivity index is 1.70. The standard InChI is InChI=1S/C14H25N5O/c1-12(19-8-6-17(2)7-9-19)4-5-16-14(20)13-10-15-11-18(13)3/h10-12H,4-9H2,1-3H3,(H,16,20)/t12-/m0/s1. The van der Waals surface area contributed by atoms with Gasteiger partial charge in [-0.2, -0.15) is 0 Å². The molecule has 0 aromatic carbocycles. The summed E-state index contributed by atoms with van der Waals surface area (Å²) < 4.78 is 1.74. The highest BCUT2D eigenvalue weighted by Crippen LogP contribution is 2.07. The zero-order valence-corrected chi connectivity index (χ0v) is 12.7. The number of nitrogens with zero attached hydrogens (tertiary/aromatic N) is 4. The fraction of sp³-hybridized carbons (Fsp3) is 0.714. The highest BCUT2D eigenvalue weighted by Gasteiger charge is 2.19. The second-order valence-electron chi connectivity index (χ2n) is 5.62. The molecule has 1 fully saturated rings. The number of amides is 1. The summed E-state index contributed by atoms with van der Waals surface area (Å²) in [6, 6.07) is 0.510. The Hall–Kier alpha value is -1.40. The molecule has 0 bridgehead atoms. The molecule has 2 heterocycles. The lowest BCUT2D eigenvalue weighted by Crippen LogP contribution is -2.48. The fourth-order valence-corrected chi connectivity index (χ4v) is 2.51. The van der Waals surface area contributed by atoms with E-state index >= 15 is 0 Å². The van der Waals surface area contributed by atoms with Crippen molar-refractivity contribution in [3.05, 3.63) is 18.2 Å². The van der Waals surface area contributed by atoms with Gasteiger partial charge in [-0.1, -0.05) is 0 Å². The number of carbonyl (C=O) groups excluding carboxylic acids is 1. The predicted molar refractivity (Wildman–Crippen MR) is 78.7 cm³/mol. The molecule has 0 spiro atoms. The fourth-order valence-electron chi connectivity index (χ4n) is 2.51. The van der Waals surface area contributed by atoms with Crippen LogP contribution in [-0.2, 0) is 7.05 Å². The Kier molecular flexibility index (Phi) is 5.14. The molecule has 0 radical (unpaired) electrons. The van der Waals surface area contributed by atoms with E-state index in [9.17, 15) is 4.79 Å². The summed E-state index contributed by atoms with van der Waals surface area (Å²) in [7, 11) is 3.99. The second-order valence-corrected chi connectivity index (χ2v) is 5.62. The van der Waals surface area contributed by atoms with Crippen molar-refractivity contribution in [3.63, 3.8) is 0 Å². The van der Waals surface area contributed by atoms with E-state index in [1.165, 1.54) is 0 Å². The zero-order chi connectivity index (χ0) is 14.5. The van der Waals surface area contributed by atoms with E-state index in [4.69, 9.17) is 0 Å². The van der Waals surface area contributed by atoms with Gasteiger partial charge in [0.25, 0.3) is 5.91 Å². The first-order valence-electron chi connectivity index (χ1n) is 7.25. The van der Waals surface area contributed by atoms with E-state index in [2.05, 4.69) is 34.1 Å². The van der Waals surface area contributed by atoms with Crippen molar-refractivity contribution in [2.75, 3.05) is 39.8 Å². The number of imidazole rings is 1. The molecule has 0 aliphatic carbocycles. The quantitative estimate of drug-likeness (QED) is 0.835. The van der Waals surface area contributed by atoms with Crippen LogP contribution in [0.1, 0.15) is 23.8 Å². The van der Waals surface area contributed by atoms with Crippen LogP contribution in [0.5, 0.6) is 0 Å². The second kappa shape index (κ2) is 6.85. The van der Waals surface area contributed by atoms with Gasteiger partial charge in [-0.15, -0.1) is 0 Å². The summed E-state index contributed by atoms with van der Waals surface area (Å²) in [5.74, 6) is -0.0458. The third-order valence-electron chi connectivity index (χ3n) is 4.06. The summed E-state index contributed by atoms with van der Waals surface area (Å²) in [5, 5.41) is 2.97. The topological polar surface area (TPSA) is 53.4 Å². The normalized spacial score (nSPS) is 18.9. The molecule has 1 amide bonds. The number of hydrogen-bond donors (Lipinski definition) is 1. The first-order chi connectivity index (χ1) is 9.58. The first-order valence-corrected chi connectivity index (χ1v) is 7.25. The van der Waals surface area contributed by atoms with Gasteiger partial charge in [-0.05, 0) is 20.4 Å². The number of aromatic nitrogens is 2. The summed E-state index contributed by atoms with van der Waals surface area (Å²) in [6.45, 7) is 7.44. The van der Waals surface area contributed by atoms with Crippen LogP contribution < -0.4 is 5.32 Å². The van der Waals surface area contributed by atoms with E-state index in [1.807, 2.05) is 7.05 Å². The van der Waals surface area contributed by atoms with Gasteiger partial charge < -0.3 is 14.8 Å². The van der Waals surface area contributed by atoms with Crippen molar-refractivity contribution in [1.82, 2.24) is 24.7 Å². The van der Waals surface area contributed by atoms with E-state index in [1.54, 1.807) is 17.1 Å². The molecular formula is C14H25N5O. The molecule has 1 aromatic heterocycles. The van der Waals surface area contributed by atoms with E-state index in [0.29, 0.717) is 18.3 Å². The SMILES string of the molecule is C[C@@H](CCNC(=O)c1cncn1C)N1CCN(C)CC1. The number of hydrogen-bond acceptors (Lipinski definition) is 4. The molecule has 2 rings (SSSR count). The van der Waals surface area contributed by atoms with Crippen molar-refractivity contribution in [3.8, 4) is 0 Å². The minimum atomic E-state index is -0.0458. The molecule has 0 saturated carbocycles. The van der Waals surface area contributed by atoms with Gasteiger partial charge in [-0.25, -0.2) is 4.98 Å². The summed E-state index contributed by atoms with van der Waals surface area (Å²) >= 11 is 0. The van der Waals surface area contributed by atoms with Crippen LogP contribution in [0.4, 0.5) is 0 Å². The molecule has 1 saturated heterocycles. The molecule has 6 heteroatoms. The Labute approximate surface area is 120 Å². The van der Waals surface area contributed by atoms with Gasteiger partial charge in [0.05, 0.1) is 12.5 Å². The van der Waals surface area contributed by atoms with Crippen molar-refractivity contribution in [2.24, 2.45) is 7.05 Å². The highest BCUT2D eigenvalue weighted by atomic mass is 16.1. The van der Waals surface area contributed by atoms with E-state index in [-0.39, 0.29) is 5.91 Å². The Morgan fingerprint density at radius 3 is 2.65 bits per heavy atom. The molecule has 1 N–H and O–H groups in total. The van der Waals surface area contributed by atoms with Crippen molar-refractivity contribution < 1.29 is 4.79 Å². The van der Waals surface area contributed by atoms with Crippen LogP contribution in [0.15, 0.2) is 12.5 Å². The molecular weight excluding hydrogens is 254 g/mol. The van der Waals surface area contributed by atoms with E-state index in [0.717, 1.165) is 32.6 Å². The monoisotopic (exact) mass is 279 g/mol. The maximum atomic E-state index is 11.9. The average Bonchev–Trinajstić information content (AvgIpc) is 2.85. The van der Waals surface area contributed by atoms with Gasteiger partial charge in [0, 0.05) is 45.8 Å². The maximum Gasteiger partial charge on any atom is 0.269 e. The van der Waals surface area contributed by atoms with Crippen LogP contribution in [0.2, 0.25) is 0 Å². The van der Waals surface area contributed by atoms with Crippen LogP contribution in [0.3, 0.4) is 0 Å². The van der Waals surface area contributed by atoms with Crippen LogP contribution in [0.25, 0.3) is 0 Å². The molecule has 1 atom stereocenters. The average molecular weight is 279 g/mol. The molecule has 1 aliphatic heterocycles. The van der Waals surface area contributed by atoms with Gasteiger partial charge >= 0.3 is 0 Å². The highest BCUT2D eigenvalue weighted by molar-refractivity contribution is 5.92. The first kappa shape index (κ1) is 15.0. The number of nitrogens with one attached hydrogen (secondary N) is 1. The van der Waals surface area contributed by atoms with Gasteiger partial charge in [-0.3, -0.25) is 9.69 Å². The van der Waals surface area contributed by atoms with Crippen molar-refractivity contribution in [1.29, 1.82) is 0 Å². The number of piperazine rings is 1. The van der Waals surface area contributed by atoms with Gasteiger partial charge in [0.2, 0.25) is 0 Å². The maximum absolute atomic E-state index is 11.9. The Morgan fingerprint density at radius 1 is 1.35 bits per heavy atom. The smallest absolute Gasteiger partial charge is 0.269 e. The lowest BCUT2D eigenvalue weighted by atomic mass is 10.1. The van der Waals surface area contributed by atoms with Gasteiger partial charge in [0.1, 0.15) is 5.69 Å². The Morgan fingerprint density at radius 2 is 2.05 bits per heavy atom. The minimum absolute atomic E-state index is 0.0458. The van der Waals surface area contributed by atoms with E-state index < -0.39 is 0 Å².